The van der Waals surface area contributed by atoms with Crippen LogP contribution < -0.4 is 14.8 Å². The van der Waals surface area contributed by atoms with E-state index >= 15 is 0 Å². The SMILES string of the molecule is CCOc1cc(C2C3=C(CC(C)(C)CC3=O)Nc3nc(SCC)nn32)cc(Br)c1OCc1cccc(C)c1. The van der Waals surface area contributed by atoms with E-state index in [0.717, 1.165) is 39.0 Å². The molecule has 1 aliphatic carbocycles. The summed E-state index contributed by atoms with van der Waals surface area (Å²) < 4.78 is 14.9. The second kappa shape index (κ2) is 10.8. The van der Waals surface area contributed by atoms with Crippen molar-refractivity contribution in [3.63, 3.8) is 0 Å². The molecule has 1 N–H and O–H groups in total. The van der Waals surface area contributed by atoms with Crippen LogP contribution in [0.25, 0.3) is 0 Å². The molecule has 0 amide bonds. The number of Topliss-reactive ketones (excluding diaryl/α,β-unsaturated/α-hetero) is 1. The van der Waals surface area contributed by atoms with Crippen LogP contribution in [0.3, 0.4) is 0 Å². The summed E-state index contributed by atoms with van der Waals surface area (Å²) in [5.41, 5.74) is 4.71. The van der Waals surface area contributed by atoms with Crippen molar-refractivity contribution in [1.82, 2.24) is 14.8 Å². The highest BCUT2D eigenvalue weighted by molar-refractivity contribution is 9.10. The lowest BCUT2D eigenvalue weighted by Gasteiger charge is -2.38. The molecule has 1 unspecified atom stereocenters. The van der Waals surface area contributed by atoms with Crippen molar-refractivity contribution < 1.29 is 14.3 Å². The number of ether oxygens (including phenoxy) is 2. The third-order valence-corrected chi connectivity index (χ3v) is 8.01. The Labute approximate surface area is 236 Å². The Kier molecular flexibility index (Phi) is 7.60. The first kappa shape index (κ1) is 26.8. The molecule has 7 nitrogen and oxygen atoms in total. The van der Waals surface area contributed by atoms with Crippen molar-refractivity contribution in [3.8, 4) is 11.5 Å². The van der Waals surface area contributed by atoms with Crippen molar-refractivity contribution >= 4 is 39.4 Å². The van der Waals surface area contributed by atoms with Gasteiger partial charge in [-0.1, -0.05) is 62.4 Å². The average molecular weight is 598 g/mol. The minimum Gasteiger partial charge on any atom is -0.490 e. The van der Waals surface area contributed by atoms with Gasteiger partial charge in [-0.25, -0.2) is 4.68 Å². The standard InChI is InChI=1S/C29H33BrN4O3S/c1-6-36-23-13-19(12-20(30)26(23)37-16-18-10-8-9-17(3)11-18)25-24-21(14-29(4,5)15-22(24)35)31-27-32-28(38-7-2)33-34(25)27/h8-13,25H,6-7,14-16H2,1-5H3,(H,31,32,33). The summed E-state index contributed by atoms with van der Waals surface area (Å²) in [6, 6.07) is 11.8. The highest BCUT2D eigenvalue weighted by Crippen LogP contribution is 2.48. The molecule has 1 atom stereocenters. The number of anilines is 1. The van der Waals surface area contributed by atoms with E-state index < -0.39 is 6.04 Å². The maximum atomic E-state index is 13.6. The minimum atomic E-state index is -0.412. The predicted molar refractivity (Wildman–Crippen MR) is 154 cm³/mol. The van der Waals surface area contributed by atoms with Crippen LogP contribution in [0.4, 0.5) is 5.95 Å². The molecule has 0 radical (unpaired) electrons. The summed E-state index contributed by atoms with van der Waals surface area (Å²) in [7, 11) is 0. The van der Waals surface area contributed by atoms with Gasteiger partial charge in [0, 0.05) is 17.7 Å². The zero-order valence-corrected chi connectivity index (χ0v) is 24.8. The first-order valence-corrected chi connectivity index (χ1v) is 14.7. The maximum absolute atomic E-state index is 13.6. The average Bonchev–Trinajstić information content (AvgIpc) is 3.23. The number of rotatable bonds is 8. The van der Waals surface area contributed by atoms with Crippen molar-refractivity contribution in [3.05, 3.63) is 68.8 Å². The summed E-state index contributed by atoms with van der Waals surface area (Å²) in [4.78, 5) is 18.3. The quantitative estimate of drug-likeness (QED) is 0.278. The number of fused-ring (bicyclic) bond motifs is 1. The van der Waals surface area contributed by atoms with Crippen LogP contribution in [-0.4, -0.2) is 32.9 Å². The van der Waals surface area contributed by atoms with E-state index in [1.54, 1.807) is 11.8 Å². The summed E-state index contributed by atoms with van der Waals surface area (Å²) >= 11 is 5.32. The molecule has 0 fully saturated rings. The molecular weight excluding hydrogens is 564 g/mol. The van der Waals surface area contributed by atoms with Gasteiger partial charge in [0.15, 0.2) is 17.3 Å². The second-order valence-electron chi connectivity index (χ2n) is 10.5. The van der Waals surface area contributed by atoms with Crippen LogP contribution in [-0.2, 0) is 11.4 Å². The summed E-state index contributed by atoms with van der Waals surface area (Å²) in [5.74, 6) is 2.91. The van der Waals surface area contributed by atoms with Crippen LogP contribution >= 0.6 is 27.7 Å². The van der Waals surface area contributed by atoms with E-state index in [1.165, 1.54) is 5.56 Å². The first-order valence-electron chi connectivity index (χ1n) is 13.0. The molecule has 2 aromatic carbocycles. The van der Waals surface area contributed by atoms with Crippen molar-refractivity contribution in [2.24, 2.45) is 5.41 Å². The van der Waals surface area contributed by atoms with Gasteiger partial charge in [-0.2, -0.15) is 4.98 Å². The Hall–Kier alpha value is -2.78. The second-order valence-corrected chi connectivity index (χ2v) is 12.6. The monoisotopic (exact) mass is 596 g/mol. The molecule has 38 heavy (non-hydrogen) atoms. The molecule has 1 aliphatic heterocycles. The molecule has 0 bridgehead atoms. The van der Waals surface area contributed by atoms with Crippen LogP contribution in [0.1, 0.15) is 63.3 Å². The Morgan fingerprint density at radius 3 is 2.74 bits per heavy atom. The van der Waals surface area contributed by atoms with Gasteiger partial charge in [-0.15, -0.1) is 5.10 Å². The number of carbonyl (C=O) groups excluding carboxylic acids is 1. The van der Waals surface area contributed by atoms with Gasteiger partial charge in [0.25, 0.3) is 0 Å². The number of hydrogen-bond acceptors (Lipinski definition) is 7. The number of aryl methyl sites for hydroxylation is 1. The molecule has 5 rings (SSSR count). The van der Waals surface area contributed by atoms with Crippen molar-refractivity contribution in [2.45, 2.75) is 65.3 Å². The fourth-order valence-corrected chi connectivity index (χ4v) is 6.32. The van der Waals surface area contributed by atoms with Gasteiger partial charge in [0.05, 0.1) is 11.1 Å². The number of nitrogens with zero attached hydrogens (tertiary/aromatic N) is 3. The zero-order valence-electron chi connectivity index (χ0n) is 22.4. The fourth-order valence-electron chi connectivity index (χ4n) is 5.19. The van der Waals surface area contributed by atoms with E-state index in [2.05, 4.69) is 61.1 Å². The predicted octanol–water partition coefficient (Wildman–Crippen LogP) is 7.10. The summed E-state index contributed by atoms with van der Waals surface area (Å²) in [5, 5.41) is 8.93. The van der Waals surface area contributed by atoms with Crippen molar-refractivity contribution in [1.29, 1.82) is 0 Å². The number of allylic oxidation sites excluding steroid dienone is 2. The molecule has 3 aromatic rings. The summed E-state index contributed by atoms with van der Waals surface area (Å²) in [6.07, 6.45) is 1.26. The van der Waals surface area contributed by atoms with Crippen LogP contribution in [0, 0.1) is 12.3 Å². The largest absolute Gasteiger partial charge is 0.490 e. The van der Waals surface area contributed by atoms with Crippen LogP contribution in [0.15, 0.2) is 57.3 Å². The van der Waals surface area contributed by atoms with E-state index in [-0.39, 0.29) is 11.2 Å². The minimum absolute atomic E-state index is 0.124. The smallest absolute Gasteiger partial charge is 0.227 e. The Morgan fingerprint density at radius 1 is 1.18 bits per heavy atom. The molecule has 0 saturated heterocycles. The number of halogens is 1. The highest BCUT2D eigenvalue weighted by Gasteiger charge is 2.42. The van der Waals surface area contributed by atoms with Gasteiger partial charge >= 0.3 is 0 Å². The summed E-state index contributed by atoms with van der Waals surface area (Å²) in [6.45, 7) is 11.3. The number of ketones is 1. The zero-order chi connectivity index (χ0) is 27.0. The van der Waals surface area contributed by atoms with Crippen LogP contribution in [0.2, 0.25) is 0 Å². The van der Waals surface area contributed by atoms with E-state index in [1.807, 2.05) is 35.9 Å². The maximum Gasteiger partial charge on any atom is 0.227 e. The highest BCUT2D eigenvalue weighted by atomic mass is 79.9. The number of carbonyl (C=O) groups is 1. The number of thioether (sulfide) groups is 1. The van der Waals surface area contributed by atoms with Crippen molar-refractivity contribution in [2.75, 3.05) is 17.7 Å². The molecule has 9 heteroatoms. The molecule has 0 spiro atoms. The third-order valence-electron chi connectivity index (χ3n) is 6.70. The van der Waals surface area contributed by atoms with Gasteiger partial charge in [-0.3, -0.25) is 4.79 Å². The van der Waals surface area contributed by atoms with Crippen LogP contribution in [0.5, 0.6) is 11.5 Å². The normalized spacial score (nSPS) is 18.1. The number of hydrogen-bond donors (Lipinski definition) is 1. The number of benzene rings is 2. The third kappa shape index (κ3) is 5.36. The molecule has 1 aromatic heterocycles. The fraction of sp³-hybridized carbons (Fsp3) is 0.414. The molecule has 0 saturated carbocycles. The number of aromatic nitrogens is 3. The Bertz CT molecular complexity index is 1410. The van der Waals surface area contributed by atoms with E-state index in [9.17, 15) is 4.79 Å². The van der Waals surface area contributed by atoms with Gasteiger partial charge < -0.3 is 14.8 Å². The van der Waals surface area contributed by atoms with Gasteiger partial charge in [-0.05, 0) is 70.6 Å². The topological polar surface area (TPSA) is 78.3 Å². The Balaban J connectivity index is 1.59. The Morgan fingerprint density at radius 2 is 2.00 bits per heavy atom. The first-order chi connectivity index (χ1) is 18.2. The van der Waals surface area contributed by atoms with Gasteiger partial charge in [0.2, 0.25) is 11.1 Å². The van der Waals surface area contributed by atoms with Gasteiger partial charge in [0.1, 0.15) is 12.6 Å². The number of nitrogens with one attached hydrogen (secondary N) is 1. The molecule has 200 valence electrons. The lowest BCUT2D eigenvalue weighted by atomic mass is 9.73. The lowest BCUT2D eigenvalue weighted by molar-refractivity contribution is -0.118. The van der Waals surface area contributed by atoms with E-state index in [4.69, 9.17) is 19.6 Å². The lowest BCUT2D eigenvalue weighted by Crippen LogP contribution is -2.36. The van der Waals surface area contributed by atoms with E-state index in [0.29, 0.717) is 42.2 Å². The molecular formula is C29H33BrN4O3S. The molecule has 2 heterocycles. The molecule has 2 aliphatic rings.